The van der Waals surface area contributed by atoms with Crippen molar-refractivity contribution < 1.29 is 0 Å². The van der Waals surface area contributed by atoms with E-state index in [-0.39, 0.29) is 0 Å². The van der Waals surface area contributed by atoms with Gasteiger partial charge in [-0.1, -0.05) is 107 Å². The van der Waals surface area contributed by atoms with Crippen molar-refractivity contribution in [2.75, 3.05) is 0 Å². The van der Waals surface area contributed by atoms with Crippen LogP contribution in [0.4, 0.5) is 0 Å². The Bertz CT molecular complexity index is 38.0. The summed E-state index contributed by atoms with van der Waals surface area (Å²) in [6.45, 7) is 17.4. The zero-order valence-corrected chi connectivity index (χ0v) is 13.7. The molecule has 0 radical (unpaired) electrons. The summed E-state index contributed by atoms with van der Waals surface area (Å²) in [5.41, 5.74) is 0. The summed E-state index contributed by atoms with van der Waals surface area (Å²) in [7, 11) is 0. The maximum absolute atomic E-state index is 2.21. The van der Waals surface area contributed by atoms with Crippen LogP contribution >= 0.6 is 0 Å². The quantitative estimate of drug-likeness (QED) is 0.480. The van der Waals surface area contributed by atoms with Crippen LogP contribution in [0.15, 0.2) is 0 Å². The predicted molar refractivity (Wildman–Crippen MR) is 82.3 cm³/mol. The van der Waals surface area contributed by atoms with Crippen molar-refractivity contribution in [3.8, 4) is 0 Å². The third-order valence-corrected chi connectivity index (χ3v) is 1.71. The van der Waals surface area contributed by atoms with Gasteiger partial charge in [0.1, 0.15) is 0 Å². The predicted octanol–water partition coefficient (Wildman–Crippen LogP) is 7.23. The van der Waals surface area contributed by atoms with Crippen LogP contribution in [0.3, 0.4) is 0 Å². The Morgan fingerprint density at radius 3 is 0.562 bits per heavy atom. The highest BCUT2D eigenvalue weighted by Gasteiger charge is 1.68. The average molecular weight is 232 g/mol. The lowest BCUT2D eigenvalue weighted by atomic mass is 10.3. The molecule has 0 heteroatoms. The van der Waals surface area contributed by atoms with E-state index in [2.05, 4.69) is 55.4 Å². The van der Waals surface area contributed by atoms with E-state index in [0.717, 1.165) is 0 Å². The highest BCUT2D eigenvalue weighted by atomic mass is 13.7. The van der Waals surface area contributed by atoms with Crippen LogP contribution in [0.2, 0.25) is 0 Å². The molecule has 0 saturated carbocycles. The smallest absolute Gasteiger partial charge is 0.0538 e. The van der Waals surface area contributed by atoms with Gasteiger partial charge < -0.3 is 0 Å². The number of rotatable bonds is 4. The first-order valence-electron chi connectivity index (χ1n) is 7.66. The minimum atomic E-state index is 1.25. The maximum Gasteiger partial charge on any atom is -0.0538 e. The van der Waals surface area contributed by atoms with E-state index in [4.69, 9.17) is 0 Å². The zero-order chi connectivity index (χ0) is 13.7. The van der Waals surface area contributed by atoms with Crippen molar-refractivity contribution in [2.45, 2.75) is 107 Å². The molecule has 0 fully saturated rings. The Kier molecular flexibility index (Phi) is 71.8. The molecule has 0 heterocycles. The van der Waals surface area contributed by atoms with Crippen molar-refractivity contribution in [1.29, 1.82) is 0 Å². The van der Waals surface area contributed by atoms with Crippen molar-refractivity contribution in [3.05, 3.63) is 0 Å². The molecule has 0 saturated heterocycles. The van der Waals surface area contributed by atoms with Gasteiger partial charge in [-0.05, 0) is 0 Å². The van der Waals surface area contributed by atoms with Crippen LogP contribution in [0, 0.1) is 0 Å². The molecule has 16 heavy (non-hydrogen) atoms. The first kappa shape index (κ1) is 25.0. The summed E-state index contributed by atoms with van der Waals surface area (Å²) < 4.78 is 0. The molecule has 0 atom stereocenters. The summed E-state index contributed by atoms with van der Waals surface area (Å²) in [6, 6.07) is 0. The molecular weight excluding hydrogens is 192 g/mol. The first-order valence-corrected chi connectivity index (χ1v) is 7.66. The molecular formula is C16H40. The topological polar surface area (TPSA) is 0 Å². The van der Waals surface area contributed by atoms with Gasteiger partial charge in [0.15, 0.2) is 0 Å². The molecule has 0 amide bonds. The Morgan fingerprint density at radius 1 is 0.375 bits per heavy atom. The van der Waals surface area contributed by atoms with E-state index in [1.54, 1.807) is 0 Å². The third-order valence-electron chi connectivity index (χ3n) is 1.71. The summed E-state index contributed by atoms with van der Waals surface area (Å²) in [5, 5.41) is 0. The summed E-state index contributed by atoms with van der Waals surface area (Å²) in [5.74, 6) is 0. The second kappa shape index (κ2) is 45.9. The van der Waals surface area contributed by atoms with E-state index < -0.39 is 0 Å². The molecule has 104 valence electrons. The van der Waals surface area contributed by atoms with Crippen molar-refractivity contribution >= 4 is 0 Å². The second-order valence-electron chi connectivity index (χ2n) is 4.06. The van der Waals surface area contributed by atoms with E-state index in [0.29, 0.717) is 0 Å². The minimum Gasteiger partial charge on any atom is -0.0656 e. The van der Waals surface area contributed by atoms with Crippen LogP contribution in [-0.2, 0) is 0 Å². The highest BCUT2D eigenvalue weighted by Crippen LogP contribution is 1.88. The van der Waals surface area contributed by atoms with Crippen LogP contribution < -0.4 is 0 Å². The molecule has 0 bridgehead atoms. The van der Waals surface area contributed by atoms with Crippen molar-refractivity contribution in [1.82, 2.24) is 0 Å². The van der Waals surface area contributed by atoms with Crippen LogP contribution in [0.1, 0.15) is 107 Å². The van der Waals surface area contributed by atoms with Gasteiger partial charge in [0.05, 0.1) is 0 Å². The largest absolute Gasteiger partial charge is 0.0656 e. The third kappa shape index (κ3) is 148. The van der Waals surface area contributed by atoms with Gasteiger partial charge >= 0.3 is 0 Å². The average Bonchev–Trinajstić information content (AvgIpc) is 2.32. The van der Waals surface area contributed by atoms with Gasteiger partial charge in [0.25, 0.3) is 0 Å². The lowest BCUT2D eigenvalue weighted by Gasteiger charge is -1.79. The fraction of sp³-hybridized carbons (Fsp3) is 1.00. The van der Waals surface area contributed by atoms with Crippen LogP contribution in [0.25, 0.3) is 0 Å². The Labute approximate surface area is 107 Å². The summed E-state index contributed by atoms with van der Waals surface area (Å²) in [6.07, 6.45) is 10.6. The van der Waals surface area contributed by atoms with Crippen LogP contribution in [0.5, 0.6) is 0 Å². The fourth-order valence-corrected chi connectivity index (χ4v) is 0.354. The molecule has 0 nitrogen and oxygen atoms in total. The molecule has 0 rings (SSSR count). The molecule has 0 aromatic carbocycles. The zero-order valence-electron chi connectivity index (χ0n) is 13.7. The highest BCUT2D eigenvalue weighted by molar-refractivity contribution is 4.24. The van der Waals surface area contributed by atoms with E-state index in [1.165, 1.54) is 51.4 Å². The van der Waals surface area contributed by atoms with Gasteiger partial charge in [-0.3, -0.25) is 0 Å². The number of hydrogen-bond acceptors (Lipinski definition) is 0. The Balaban J connectivity index is -0.0000000610. The summed E-state index contributed by atoms with van der Waals surface area (Å²) in [4.78, 5) is 0. The van der Waals surface area contributed by atoms with Gasteiger partial charge in [-0.15, -0.1) is 0 Å². The monoisotopic (exact) mass is 232 g/mol. The SMILES string of the molecule is CCC.CCCC.CCCC.CCCCC. The normalized spacial score (nSPS) is 7.50. The lowest BCUT2D eigenvalue weighted by molar-refractivity contribution is 0.772. The van der Waals surface area contributed by atoms with E-state index >= 15 is 0 Å². The van der Waals surface area contributed by atoms with Gasteiger partial charge in [-0.25, -0.2) is 0 Å². The molecule has 0 aromatic rings. The van der Waals surface area contributed by atoms with Gasteiger partial charge in [-0.2, -0.15) is 0 Å². The van der Waals surface area contributed by atoms with Crippen molar-refractivity contribution in [3.63, 3.8) is 0 Å². The van der Waals surface area contributed by atoms with Gasteiger partial charge in [0, 0.05) is 0 Å². The second-order valence-corrected chi connectivity index (χ2v) is 4.06. The molecule has 0 aliphatic carbocycles. The maximum atomic E-state index is 2.21. The molecule has 0 aromatic heterocycles. The first-order chi connectivity index (χ1) is 7.66. The van der Waals surface area contributed by atoms with E-state index in [9.17, 15) is 0 Å². The molecule has 0 aliphatic heterocycles. The van der Waals surface area contributed by atoms with E-state index in [1.807, 2.05) is 0 Å². The number of unbranched alkanes of at least 4 members (excludes halogenated alkanes) is 4. The molecule has 0 N–H and O–H groups in total. The lowest BCUT2D eigenvalue weighted by Crippen LogP contribution is -1.59. The number of hydrogen-bond donors (Lipinski definition) is 0. The van der Waals surface area contributed by atoms with Gasteiger partial charge in [0.2, 0.25) is 0 Å². The fourth-order valence-electron chi connectivity index (χ4n) is 0.354. The summed E-state index contributed by atoms with van der Waals surface area (Å²) >= 11 is 0. The van der Waals surface area contributed by atoms with Crippen LogP contribution in [-0.4, -0.2) is 0 Å². The molecule has 0 spiro atoms. The Morgan fingerprint density at radius 2 is 0.562 bits per heavy atom. The van der Waals surface area contributed by atoms with Crippen molar-refractivity contribution in [2.24, 2.45) is 0 Å². The standard InChI is InChI=1S/C5H12.2C4H10.C3H8/c1-3-5-4-2;2*1-3-4-2;1-3-2/h3-5H2,1-2H3;2*3-4H2,1-2H3;3H2,1-2H3. The molecule has 0 unspecified atom stereocenters. The molecule has 0 aliphatic rings. The minimum absolute atomic E-state index is 1.25. The Hall–Kier alpha value is 0.